The standard InChI is InChI=1S/C14H17Br2NO3/c1-17(9-14(19)4-6-20-7-5-14)13(18)11-8-10(15)2-3-12(11)16/h2-3,8,19H,4-7,9H2,1H3. The number of nitrogens with zero attached hydrogens (tertiary/aromatic N) is 1. The van der Waals surface area contributed by atoms with Gasteiger partial charge in [-0.1, -0.05) is 15.9 Å². The van der Waals surface area contributed by atoms with Crippen LogP contribution in [0.15, 0.2) is 27.1 Å². The fourth-order valence-electron chi connectivity index (χ4n) is 2.29. The first-order valence-corrected chi connectivity index (χ1v) is 8.00. The molecule has 1 saturated heterocycles. The minimum atomic E-state index is -0.846. The summed E-state index contributed by atoms with van der Waals surface area (Å²) in [6.45, 7) is 1.40. The number of benzene rings is 1. The van der Waals surface area contributed by atoms with Gasteiger partial charge in [-0.3, -0.25) is 4.79 Å². The molecule has 4 nitrogen and oxygen atoms in total. The van der Waals surface area contributed by atoms with Gasteiger partial charge in [-0.05, 0) is 34.1 Å². The van der Waals surface area contributed by atoms with Gasteiger partial charge in [0.2, 0.25) is 0 Å². The Morgan fingerprint density at radius 1 is 1.40 bits per heavy atom. The second-order valence-corrected chi connectivity index (χ2v) is 6.89. The second-order valence-electron chi connectivity index (χ2n) is 5.12. The SMILES string of the molecule is CN(CC1(O)CCOCC1)C(=O)c1cc(Br)ccc1Br. The second kappa shape index (κ2) is 6.56. The number of aliphatic hydroxyl groups is 1. The number of rotatable bonds is 3. The quantitative estimate of drug-likeness (QED) is 0.839. The Kier molecular flexibility index (Phi) is 5.23. The molecule has 1 aromatic carbocycles. The fraction of sp³-hybridized carbons (Fsp3) is 0.500. The molecular weight excluding hydrogens is 390 g/mol. The van der Waals surface area contributed by atoms with E-state index in [4.69, 9.17) is 4.74 Å². The molecule has 1 aromatic rings. The van der Waals surface area contributed by atoms with Gasteiger partial charge in [0.05, 0.1) is 11.2 Å². The van der Waals surface area contributed by atoms with Gasteiger partial charge >= 0.3 is 0 Å². The first-order valence-electron chi connectivity index (χ1n) is 6.42. The van der Waals surface area contributed by atoms with Gasteiger partial charge in [-0.2, -0.15) is 0 Å². The average molecular weight is 407 g/mol. The summed E-state index contributed by atoms with van der Waals surface area (Å²) in [6.07, 6.45) is 1.12. The molecule has 6 heteroatoms. The van der Waals surface area contributed by atoms with Crippen LogP contribution in [0.25, 0.3) is 0 Å². The monoisotopic (exact) mass is 405 g/mol. The molecule has 0 bridgehead atoms. The number of likely N-dealkylation sites (N-methyl/N-ethyl adjacent to an activating group) is 1. The van der Waals surface area contributed by atoms with Crippen molar-refractivity contribution in [1.29, 1.82) is 0 Å². The maximum Gasteiger partial charge on any atom is 0.254 e. The molecule has 110 valence electrons. The third-order valence-electron chi connectivity index (χ3n) is 3.46. The minimum absolute atomic E-state index is 0.113. The molecular formula is C14H17Br2NO3. The number of carbonyl (C=O) groups is 1. The van der Waals surface area contributed by atoms with Crippen LogP contribution < -0.4 is 0 Å². The molecule has 1 aliphatic rings. The molecule has 0 spiro atoms. The first-order chi connectivity index (χ1) is 9.41. The van der Waals surface area contributed by atoms with Crippen molar-refractivity contribution in [2.75, 3.05) is 26.8 Å². The number of halogens is 2. The van der Waals surface area contributed by atoms with E-state index in [9.17, 15) is 9.90 Å². The number of hydrogen-bond donors (Lipinski definition) is 1. The fourth-order valence-corrected chi connectivity index (χ4v) is 3.07. The lowest BCUT2D eigenvalue weighted by Gasteiger charge is -2.35. The molecule has 0 atom stereocenters. The third-order valence-corrected chi connectivity index (χ3v) is 4.65. The molecule has 0 aromatic heterocycles. The Balaban J connectivity index is 2.10. The highest BCUT2D eigenvalue weighted by Gasteiger charge is 2.32. The van der Waals surface area contributed by atoms with Crippen molar-refractivity contribution in [3.63, 3.8) is 0 Å². The normalized spacial score (nSPS) is 17.8. The van der Waals surface area contributed by atoms with Crippen LogP contribution in [0, 0.1) is 0 Å². The summed E-state index contributed by atoms with van der Waals surface area (Å²) < 4.78 is 6.85. The van der Waals surface area contributed by atoms with Crippen LogP contribution in [-0.2, 0) is 4.74 Å². The number of carbonyl (C=O) groups excluding carboxylic acids is 1. The Morgan fingerprint density at radius 3 is 2.70 bits per heavy atom. The van der Waals surface area contributed by atoms with E-state index >= 15 is 0 Å². The first kappa shape index (κ1) is 15.9. The molecule has 1 N–H and O–H groups in total. The smallest absolute Gasteiger partial charge is 0.254 e. The van der Waals surface area contributed by atoms with Crippen LogP contribution in [0.4, 0.5) is 0 Å². The van der Waals surface area contributed by atoms with E-state index in [2.05, 4.69) is 31.9 Å². The highest BCUT2D eigenvalue weighted by atomic mass is 79.9. The maximum absolute atomic E-state index is 12.5. The van der Waals surface area contributed by atoms with Gasteiger partial charge in [-0.25, -0.2) is 0 Å². The topological polar surface area (TPSA) is 49.8 Å². The van der Waals surface area contributed by atoms with Gasteiger partial charge in [0.25, 0.3) is 5.91 Å². The van der Waals surface area contributed by atoms with E-state index in [1.165, 1.54) is 0 Å². The van der Waals surface area contributed by atoms with Gasteiger partial charge in [0, 0.05) is 48.6 Å². The number of amides is 1. The van der Waals surface area contributed by atoms with Crippen molar-refractivity contribution in [3.8, 4) is 0 Å². The minimum Gasteiger partial charge on any atom is -0.388 e. The van der Waals surface area contributed by atoms with Crippen molar-refractivity contribution in [1.82, 2.24) is 4.90 Å². The predicted octanol–water partition coefficient (Wildman–Crippen LogP) is 2.83. The van der Waals surface area contributed by atoms with Crippen molar-refractivity contribution in [3.05, 3.63) is 32.7 Å². The Bertz CT molecular complexity index is 501. The molecule has 0 aliphatic carbocycles. The molecule has 1 heterocycles. The van der Waals surface area contributed by atoms with Crippen molar-refractivity contribution in [2.45, 2.75) is 18.4 Å². The number of ether oxygens (including phenoxy) is 1. The Labute approximate surface area is 135 Å². The van der Waals surface area contributed by atoms with Crippen LogP contribution in [0.2, 0.25) is 0 Å². The zero-order chi connectivity index (χ0) is 14.8. The van der Waals surface area contributed by atoms with E-state index in [1.54, 1.807) is 18.0 Å². The van der Waals surface area contributed by atoms with Crippen molar-refractivity contribution >= 4 is 37.8 Å². The predicted molar refractivity (Wildman–Crippen MR) is 83.8 cm³/mol. The van der Waals surface area contributed by atoms with E-state index in [0.29, 0.717) is 38.2 Å². The van der Waals surface area contributed by atoms with Gasteiger partial charge < -0.3 is 14.7 Å². The van der Waals surface area contributed by atoms with Crippen LogP contribution in [0.3, 0.4) is 0 Å². The van der Waals surface area contributed by atoms with E-state index in [1.807, 2.05) is 12.1 Å². The Hall–Kier alpha value is -0.430. The largest absolute Gasteiger partial charge is 0.388 e. The van der Waals surface area contributed by atoms with Crippen molar-refractivity contribution < 1.29 is 14.6 Å². The molecule has 1 aliphatic heterocycles. The summed E-state index contributed by atoms with van der Waals surface area (Å²) >= 11 is 6.75. The molecule has 1 amide bonds. The van der Waals surface area contributed by atoms with Gasteiger partial charge in [-0.15, -0.1) is 0 Å². The summed E-state index contributed by atoms with van der Waals surface area (Å²) in [7, 11) is 1.71. The molecule has 0 radical (unpaired) electrons. The molecule has 2 rings (SSSR count). The van der Waals surface area contributed by atoms with Gasteiger partial charge in [0.1, 0.15) is 0 Å². The third kappa shape index (κ3) is 3.81. The average Bonchev–Trinajstić information content (AvgIpc) is 2.41. The maximum atomic E-state index is 12.5. The summed E-state index contributed by atoms with van der Waals surface area (Å²) in [4.78, 5) is 14.0. The van der Waals surface area contributed by atoms with Crippen LogP contribution in [0.5, 0.6) is 0 Å². The molecule has 1 fully saturated rings. The van der Waals surface area contributed by atoms with Crippen LogP contribution >= 0.6 is 31.9 Å². The van der Waals surface area contributed by atoms with Crippen LogP contribution in [0.1, 0.15) is 23.2 Å². The molecule has 20 heavy (non-hydrogen) atoms. The lowest BCUT2D eigenvalue weighted by molar-refractivity contribution is -0.0734. The summed E-state index contributed by atoms with van der Waals surface area (Å²) in [5.41, 5.74) is -0.265. The van der Waals surface area contributed by atoms with Crippen LogP contribution in [-0.4, -0.2) is 48.3 Å². The summed E-state index contributed by atoms with van der Waals surface area (Å²) in [6, 6.07) is 5.47. The van der Waals surface area contributed by atoms with E-state index in [-0.39, 0.29) is 5.91 Å². The number of hydrogen-bond acceptors (Lipinski definition) is 3. The highest BCUT2D eigenvalue weighted by molar-refractivity contribution is 9.11. The molecule has 0 saturated carbocycles. The van der Waals surface area contributed by atoms with Gasteiger partial charge in [0.15, 0.2) is 0 Å². The van der Waals surface area contributed by atoms with E-state index < -0.39 is 5.60 Å². The van der Waals surface area contributed by atoms with E-state index in [0.717, 1.165) is 8.95 Å². The molecule has 0 unspecified atom stereocenters. The Morgan fingerprint density at radius 2 is 2.05 bits per heavy atom. The van der Waals surface area contributed by atoms with Crippen molar-refractivity contribution in [2.24, 2.45) is 0 Å². The zero-order valence-corrected chi connectivity index (χ0v) is 14.4. The summed E-state index contributed by atoms with van der Waals surface area (Å²) in [5, 5.41) is 10.5. The zero-order valence-electron chi connectivity index (χ0n) is 11.2. The lowest BCUT2D eigenvalue weighted by Crippen LogP contribution is -2.47. The highest BCUT2D eigenvalue weighted by Crippen LogP contribution is 2.25. The lowest BCUT2D eigenvalue weighted by atomic mass is 9.94. The summed E-state index contributed by atoms with van der Waals surface area (Å²) in [5.74, 6) is -0.113.